The van der Waals surface area contributed by atoms with E-state index in [2.05, 4.69) is 27.8 Å². The summed E-state index contributed by atoms with van der Waals surface area (Å²) in [6.07, 6.45) is 1.62. The Balaban J connectivity index is 2.27. The van der Waals surface area contributed by atoms with Gasteiger partial charge < -0.3 is 10.4 Å². The molecule has 0 aliphatic rings. The zero-order valence-corrected chi connectivity index (χ0v) is 11.3. The molecule has 0 aliphatic heterocycles. The fourth-order valence-corrected chi connectivity index (χ4v) is 2.26. The Morgan fingerprint density at radius 1 is 1.47 bits per heavy atom. The maximum atomic E-state index is 9.17. The molecule has 0 saturated carbocycles. The van der Waals surface area contributed by atoms with Crippen molar-refractivity contribution in [3.8, 4) is 0 Å². The standard InChI is InChI=1S/C10H21N5OS/c1-3-5-11-6-7-15-10(12-13-14-15)17-8-4-9(2)16/h9,11,16H,3-8H2,1-2H3. The van der Waals surface area contributed by atoms with Gasteiger partial charge in [-0.25, -0.2) is 4.68 Å². The zero-order valence-electron chi connectivity index (χ0n) is 10.5. The Morgan fingerprint density at radius 2 is 2.29 bits per heavy atom. The largest absolute Gasteiger partial charge is 0.393 e. The van der Waals surface area contributed by atoms with Crippen LogP contribution in [0.3, 0.4) is 0 Å². The van der Waals surface area contributed by atoms with Gasteiger partial charge in [0.1, 0.15) is 0 Å². The van der Waals surface area contributed by atoms with Crippen molar-refractivity contribution in [2.24, 2.45) is 0 Å². The third-order valence-electron chi connectivity index (χ3n) is 2.19. The zero-order chi connectivity index (χ0) is 12.5. The maximum Gasteiger partial charge on any atom is 0.209 e. The van der Waals surface area contributed by atoms with Crippen molar-refractivity contribution >= 4 is 11.8 Å². The van der Waals surface area contributed by atoms with Gasteiger partial charge in [-0.1, -0.05) is 18.7 Å². The summed E-state index contributed by atoms with van der Waals surface area (Å²) in [6.45, 7) is 6.61. The fraction of sp³-hybridized carbons (Fsp3) is 0.900. The second-order valence-corrected chi connectivity index (χ2v) is 4.98. The van der Waals surface area contributed by atoms with Crippen molar-refractivity contribution in [2.45, 2.75) is 44.5 Å². The predicted molar refractivity (Wildman–Crippen MR) is 68.0 cm³/mol. The third kappa shape index (κ3) is 5.99. The van der Waals surface area contributed by atoms with Gasteiger partial charge in [0.05, 0.1) is 12.6 Å². The number of tetrazole rings is 1. The van der Waals surface area contributed by atoms with Gasteiger partial charge in [-0.2, -0.15) is 0 Å². The summed E-state index contributed by atoms with van der Waals surface area (Å²) in [6, 6.07) is 0. The number of nitrogens with one attached hydrogen (secondary N) is 1. The lowest BCUT2D eigenvalue weighted by molar-refractivity contribution is 0.192. The molecule has 0 saturated heterocycles. The lowest BCUT2D eigenvalue weighted by atomic mass is 10.3. The molecule has 0 aromatic carbocycles. The van der Waals surface area contributed by atoms with E-state index in [0.29, 0.717) is 0 Å². The summed E-state index contributed by atoms with van der Waals surface area (Å²) in [4.78, 5) is 0. The summed E-state index contributed by atoms with van der Waals surface area (Å²) in [5.74, 6) is 0.834. The lowest BCUT2D eigenvalue weighted by Crippen LogP contribution is -2.21. The first-order valence-electron chi connectivity index (χ1n) is 6.01. The van der Waals surface area contributed by atoms with Gasteiger partial charge in [0.25, 0.3) is 0 Å². The number of hydrogen-bond acceptors (Lipinski definition) is 6. The van der Waals surface area contributed by atoms with E-state index in [1.807, 2.05) is 0 Å². The molecule has 1 unspecified atom stereocenters. The second kappa shape index (κ2) is 8.43. The third-order valence-corrected chi connectivity index (χ3v) is 3.18. The monoisotopic (exact) mass is 259 g/mol. The molecule has 98 valence electrons. The van der Waals surface area contributed by atoms with E-state index in [-0.39, 0.29) is 6.10 Å². The quantitative estimate of drug-likeness (QED) is 0.498. The van der Waals surface area contributed by atoms with Gasteiger partial charge in [-0.3, -0.25) is 0 Å². The van der Waals surface area contributed by atoms with Crippen LogP contribution in [0.1, 0.15) is 26.7 Å². The molecule has 1 atom stereocenters. The molecule has 2 N–H and O–H groups in total. The van der Waals surface area contributed by atoms with Crippen molar-refractivity contribution < 1.29 is 5.11 Å². The molecule has 0 spiro atoms. The van der Waals surface area contributed by atoms with E-state index in [9.17, 15) is 0 Å². The molecule has 0 bridgehead atoms. The molecule has 0 amide bonds. The van der Waals surface area contributed by atoms with E-state index in [4.69, 9.17) is 5.11 Å². The molecule has 1 heterocycles. The number of aliphatic hydroxyl groups is 1. The highest BCUT2D eigenvalue weighted by Gasteiger charge is 2.06. The first-order chi connectivity index (χ1) is 8.24. The van der Waals surface area contributed by atoms with Gasteiger partial charge in [-0.05, 0) is 36.7 Å². The van der Waals surface area contributed by atoms with Crippen LogP contribution in [0, 0.1) is 0 Å². The molecule has 0 fully saturated rings. The molecule has 1 aromatic heterocycles. The highest BCUT2D eigenvalue weighted by Crippen LogP contribution is 2.15. The molecule has 7 heteroatoms. The van der Waals surface area contributed by atoms with E-state index in [1.165, 1.54) is 0 Å². The normalized spacial score (nSPS) is 12.9. The van der Waals surface area contributed by atoms with Crippen LogP contribution in [-0.2, 0) is 6.54 Å². The number of aromatic nitrogens is 4. The van der Waals surface area contributed by atoms with Crippen LogP contribution in [0.15, 0.2) is 5.16 Å². The van der Waals surface area contributed by atoms with Crippen LogP contribution < -0.4 is 5.32 Å². The molecule has 1 rings (SSSR count). The Bertz CT molecular complexity index is 305. The highest BCUT2D eigenvalue weighted by atomic mass is 32.2. The minimum absolute atomic E-state index is 0.266. The second-order valence-electron chi connectivity index (χ2n) is 3.92. The molecule has 17 heavy (non-hydrogen) atoms. The number of aliphatic hydroxyl groups excluding tert-OH is 1. The Hall–Kier alpha value is -0.660. The smallest absolute Gasteiger partial charge is 0.209 e. The molecule has 0 aliphatic carbocycles. The van der Waals surface area contributed by atoms with E-state index in [0.717, 1.165) is 43.4 Å². The molecular formula is C10H21N5OS. The van der Waals surface area contributed by atoms with Crippen LogP contribution in [0.2, 0.25) is 0 Å². The van der Waals surface area contributed by atoms with Crippen LogP contribution in [0.25, 0.3) is 0 Å². The summed E-state index contributed by atoms with van der Waals surface area (Å²) in [5.41, 5.74) is 0. The van der Waals surface area contributed by atoms with E-state index < -0.39 is 0 Å². The van der Waals surface area contributed by atoms with Crippen LogP contribution in [0.5, 0.6) is 0 Å². The predicted octanol–water partition coefficient (Wildman–Crippen LogP) is 0.536. The number of rotatable bonds is 9. The summed E-state index contributed by atoms with van der Waals surface area (Å²) >= 11 is 1.58. The summed E-state index contributed by atoms with van der Waals surface area (Å²) < 4.78 is 1.80. The Labute approximate surface area is 106 Å². The van der Waals surface area contributed by atoms with Gasteiger partial charge in [0.2, 0.25) is 5.16 Å². The van der Waals surface area contributed by atoms with Crippen molar-refractivity contribution in [2.75, 3.05) is 18.8 Å². The molecule has 0 radical (unpaired) electrons. The van der Waals surface area contributed by atoms with E-state index in [1.54, 1.807) is 23.4 Å². The first-order valence-corrected chi connectivity index (χ1v) is 7.00. The number of nitrogens with zero attached hydrogens (tertiary/aromatic N) is 4. The van der Waals surface area contributed by atoms with Gasteiger partial charge in [0, 0.05) is 12.3 Å². The Kier molecular flexibility index (Phi) is 7.14. The summed E-state index contributed by atoms with van der Waals surface area (Å²) in [5, 5.41) is 24.9. The lowest BCUT2D eigenvalue weighted by Gasteiger charge is -2.06. The number of hydrogen-bond donors (Lipinski definition) is 2. The van der Waals surface area contributed by atoms with Crippen LogP contribution in [-0.4, -0.2) is 50.3 Å². The van der Waals surface area contributed by atoms with Crippen LogP contribution in [0.4, 0.5) is 0 Å². The molecule has 1 aromatic rings. The van der Waals surface area contributed by atoms with Crippen LogP contribution >= 0.6 is 11.8 Å². The number of thioether (sulfide) groups is 1. The van der Waals surface area contributed by atoms with Crippen molar-refractivity contribution in [1.82, 2.24) is 25.5 Å². The van der Waals surface area contributed by atoms with Gasteiger partial charge in [-0.15, -0.1) is 5.10 Å². The highest BCUT2D eigenvalue weighted by molar-refractivity contribution is 7.99. The first kappa shape index (κ1) is 14.4. The molecule has 6 nitrogen and oxygen atoms in total. The summed E-state index contributed by atoms with van der Waals surface area (Å²) in [7, 11) is 0. The fourth-order valence-electron chi connectivity index (χ4n) is 1.25. The van der Waals surface area contributed by atoms with Gasteiger partial charge >= 0.3 is 0 Å². The van der Waals surface area contributed by atoms with Crippen molar-refractivity contribution in [3.05, 3.63) is 0 Å². The van der Waals surface area contributed by atoms with Crippen molar-refractivity contribution in [1.29, 1.82) is 0 Å². The Morgan fingerprint density at radius 3 is 3.00 bits per heavy atom. The van der Waals surface area contributed by atoms with E-state index >= 15 is 0 Å². The minimum atomic E-state index is -0.266. The average Bonchev–Trinajstić information content (AvgIpc) is 2.72. The topological polar surface area (TPSA) is 75.9 Å². The van der Waals surface area contributed by atoms with Crippen molar-refractivity contribution in [3.63, 3.8) is 0 Å². The molecular weight excluding hydrogens is 238 g/mol. The minimum Gasteiger partial charge on any atom is -0.393 e. The maximum absolute atomic E-state index is 9.17. The van der Waals surface area contributed by atoms with Gasteiger partial charge in [0.15, 0.2) is 0 Å². The average molecular weight is 259 g/mol. The SMILES string of the molecule is CCCNCCn1nnnc1SCCC(C)O.